The van der Waals surface area contributed by atoms with Crippen LogP contribution in [0.4, 0.5) is 0 Å². The minimum absolute atomic E-state index is 0.127. The summed E-state index contributed by atoms with van der Waals surface area (Å²) in [6.07, 6.45) is 4.51. The third kappa shape index (κ3) is 11.2. The van der Waals surface area contributed by atoms with Crippen LogP contribution in [0, 0.1) is 0 Å². The fraction of sp³-hybridized carbons (Fsp3) is 0.387. The van der Waals surface area contributed by atoms with Crippen molar-refractivity contribution in [2.24, 2.45) is 0 Å². The van der Waals surface area contributed by atoms with Crippen molar-refractivity contribution in [3.63, 3.8) is 0 Å². The Hall–Kier alpha value is -3.91. The second-order valence-electron chi connectivity index (χ2n) is 9.06. The van der Waals surface area contributed by atoms with Gasteiger partial charge in [-0.25, -0.2) is 9.59 Å². The van der Waals surface area contributed by atoms with Crippen LogP contribution >= 0.6 is 0 Å². The lowest BCUT2D eigenvalue weighted by atomic mass is 10.0. The highest BCUT2D eigenvalue weighted by Crippen LogP contribution is 2.23. The van der Waals surface area contributed by atoms with E-state index in [0.717, 1.165) is 31.8 Å². The topological polar surface area (TPSA) is 108 Å². The molecule has 0 saturated carbocycles. The summed E-state index contributed by atoms with van der Waals surface area (Å²) in [4.78, 5) is 35.1. The predicted molar refractivity (Wildman–Crippen MR) is 148 cm³/mol. The van der Waals surface area contributed by atoms with Gasteiger partial charge in [0.05, 0.1) is 11.7 Å². The highest BCUT2D eigenvalue weighted by molar-refractivity contribution is 5.91. The van der Waals surface area contributed by atoms with Crippen molar-refractivity contribution in [3.05, 3.63) is 78.9 Å². The zero-order chi connectivity index (χ0) is 28.6. The third-order valence-corrected chi connectivity index (χ3v) is 5.78. The molecule has 0 fully saturated rings. The number of carbonyl (C=O) groups is 3. The highest BCUT2D eigenvalue weighted by Gasteiger charge is 2.21. The van der Waals surface area contributed by atoms with E-state index in [0.29, 0.717) is 47.5 Å². The first-order valence-corrected chi connectivity index (χ1v) is 13.2. The maximum absolute atomic E-state index is 12.6. The molecule has 210 valence electrons. The number of benzene rings is 2. The van der Waals surface area contributed by atoms with E-state index >= 15 is 0 Å². The van der Waals surface area contributed by atoms with Crippen LogP contribution in [0.3, 0.4) is 0 Å². The number of esters is 2. The predicted octanol–water partition coefficient (Wildman–Crippen LogP) is 5.97. The van der Waals surface area contributed by atoms with Crippen LogP contribution < -0.4 is 14.2 Å². The maximum Gasteiger partial charge on any atom is 0.343 e. The van der Waals surface area contributed by atoms with Gasteiger partial charge in [0.15, 0.2) is 0 Å². The van der Waals surface area contributed by atoms with E-state index in [1.54, 1.807) is 48.5 Å². The van der Waals surface area contributed by atoms with Crippen molar-refractivity contribution in [2.75, 3.05) is 0 Å². The number of aliphatic hydroxyl groups excluding tert-OH is 1. The number of aldehydes is 1. The molecule has 8 nitrogen and oxygen atoms in total. The molecule has 0 aliphatic rings. The summed E-state index contributed by atoms with van der Waals surface area (Å²) in [6, 6.07) is 12.8. The van der Waals surface area contributed by atoms with Gasteiger partial charge in [-0.1, -0.05) is 46.3 Å². The number of ether oxygens (including phenoxy) is 4. The Morgan fingerprint density at radius 3 is 2.10 bits per heavy atom. The number of carbonyl (C=O) groups excluding carboxylic acids is 3. The van der Waals surface area contributed by atoms with Crippen molar-refractivity contribution in [3.8, 4) is 17.2 Å². The fourth-order valence-electron chi connectivity index (χ4n) is 3.69. The number of hydrogen-bond acceptors (Lipinski definition) is 8. The second kappa shape index (κ2) is 16.8. The molecule has 3 unspecified atom stereocenters. The minimum atomic E-state index is -0.875. The van der Waals surface area contributed by atoms with Gasteiger partial charge in [0.25, 0.3) is 0 Å². The van der Waals surface area contributed by atoms with Crippen LogP contribution in [0.5, 0.6) is 17.2 Å². The van der Waals surface area contributed by atoms with Gasteiger partial charge < -0.3 is 24.1 Å². The smallest absolute Gasteiger partial charge is 0.343 e. The molecule has 2 aromatic carbocycles. The molecule has 8 heteroatoms. The lowest BCUT2D eigenvalue weighted by molar-refractivity contribution is -0.158. The summed E-state index contributed by atoms with van der Waals surface area (Å²) in [6.45, 7) is 11.1. The molecule has 0 spiro atoms. The Morgan fingerprint density at radius 2 is 1.51 bits per heavy atom. The summed E-state index contributed by atoms with van der Waals surface area (Å²) in [5.74, 6) is 0.155. The quantitative estimate of drug-likeness (QED) is 0.0617. The van der Waals surface area contributed by atoms with Crippen molar-refractivity contribution in [1.82, 2.24) is 0 Å². The SMILES string of the molecule is C=CC(=O)OC(CCCCC)Oc1ccc(OC(=O)c2ccc(OC(CCC)C(O)CC(=C)C=O)cc2)cc1. The third-order valence-electron chi connectivity index (χ3n) is 5.78. The molecular weight excluding hydrogens is 500 g/mol. The molecule has 0 aliphatic heterocycles. The molecule has 0 amide bonds. The monoisotopic (exact) mass is 538 g/mol. The zero-order valence-corrected chi connectivity index (χ0v) is 22.7. The van der Waals surface area contributed by atoms with Crippen LogP contribution in [-0.2, 0) is 14.3 Å². The van der Waals surface area contributed by atoms with E-state index < -0.39 is 30.4 Å². The molecule has 0 saturated heterocycles. The van der Waals surface area contributed by atoms with Crippen LogP contribution in [0.25, 0.3) is 0 Å². The average molecular weight is 539 g/mol. The van der Waals surface area contributed by atoms with E-state index in [9.17, 15) is 19.5 Å². The van der Waals surface area contributed by atoms with Gasteiger partial charge in [0, 0.05) is 18.9 Å². The summed E-state index contributed by atoms with van der Waals surface area (Å²) in [7, 11) is 0. The Balaban J connectivity index is 1.97. The molecule has 1 N–H and O–H groups in total. The Kier molecular flexibility index (Phi) is 13.5. The first-order valence-electron chi connectivity index (χ1n) is 13.2. The van der Waals surface area contributed by atoms with Crippen LogP contribution in [-0.4, -0.2) is 41.8 Å². The van der Waals surface area contributed by atoms with Gasteiger partial charge in [-0.2, -0.15) is 0 Å². The van der Waals surface area contributed by atoms with Crippen molar-refractivity contribution < 1.29 is 38.4 Å². The van der Waals surface area contributed by atoms with Crippen LogP contribution in [0.15, 0.2) is 73.3 Å². The summed E-state index contributed by atoms with van der Waals surface area (Å²) < 4.78 is 22.4. The first-order chi connectivity index (χ1) is 18.8. The Labute approximate surface area is 230 Å². The Bertz CT molecular complexity index is 1070. The average Bonchev–Trinajstić information content (AvgIpc) is 2.94. The molecular formula is C31H38O8. The molecule has 3 atom stereocenters. The highest BCUT2D eigenvalue weighted by atomic mass is 16.7. The van der Waals surface area contributed by atoms with Crippen molar-refractivity contribution in [1.29, 1.82) is 0 Å². The minimum Gasteiger partial charge on any atom is -0.488 e. The van der Waals surface area contributed by atoms with Gasteiger partial charge in [0.1, 0.15) is 29.6 Å². The van der Waals surface area contributed by atoms with Gasteiger partial charge >= 0.3 is 11.9 Å². The Morgan fingerprint density at radius 1 is 0.897 bits per heavy atom. The largest absolute Gasteiger partial charge is 0.488 e. The summed E-state index contributed by atoms with van der Waals surface area (Å²) >= 11 is 0. The van der Waals surface area contributed by atoms with Crippen LogP contribution in [0.1, 0.15) is 69.2 Å². The molecule has 0 heterocycles. The van der Waals surface area contributed by atoms with Gasteiger partial charge in [-0.3, -0.25) is 4.79 Å². The molecule has 0 aliphatic carbocycles. The van der Waals surface area contributed by atoms with Crippen LogP contribution in [0.2, 0.25) is 0 Å². The lowest BCUT2D eigenvalue weighted by Gasteiger charge is -2.24. The van der Waals surface area contributed by atoms with Gasteiger partial charge in [0.2, 0.25) is 6.29 Å². The molecule has 2 rings (SSSR count). The molecule has 39 heavy (non-hydrogen) atoms. The van der Waals surface area contributed by atoms with E-state index in [1.807, 2.05) is 6.92 Å². The molecule has 2 aromatic rings. The molecule has 0 radical (unpaired) electrons. The fourth-order valence-corrected chi connectivity index (χ4v) is 3.69. The van der Waals surface area contributed by atoms with Crippen molar-refractivity contribution in [2.45, 2.75) is 77.3 Å². The molecule has 0 bridgehead atoms. The number of unbranched alkanes of at least 4 members (excludes halogenated alkanes) is 2. The maximum atomic E-state index is 12.6. The molecule has 0 aromatic heterocycles. The first kappa shape index (κ1) is 31.3. The zero-order valence-electron chi connectivity index (χ0n) is 22.7. The van der Waals surface area contributed by atoms with E-state index in [2.05, 4.69) is 20.1 Å². The van der Waals surface area contributed by atoms with E-state index in [4.69, 9.17) is 18.9 Å². The van der Waals surface area contributed by atoms with E-state index in [1.165, 1.54) is 0 Å². The standard InChI is InChI=1S/C31H38O8/c1-5-8-9-11-30(39-29(34)7-3)37-25-16-18-26(19-17-25)38-31(35)23-12-14-24(15-13-23)36-28(10-6-2)27(33)20-22(4)21-32/h7,12-19,21,27-28,30,33H,3-6,8-11,20H2,1-2H3. The lowest BCUT2D eigenvalue weighted by Crippen LogP contribution is -2.32. The van der Waals surface area contributed by atoms with E-state index in [-0.39, 0.29) is 6.42 Å². The summed E-state index contributed by atoms with van der Waals surface area (Å²) in [5, 5.41) is 10.4. The second-order valence-corrected chi connectivity index (χ2v) is 9.06. The summed E-state index contributed by atoms with van der Waals surface area (Å²) in [5.41, 5.74) is 0.615. The van der Waals surface area contributed by atoms with Crippen molar-refractivity contribution >= 4 is 18.2 Å². The van der Waals surface area contributed by atoms with Gasteiger partial charge in [-0.15, -0.1) is 0 Å². The normalized spacial score (nSPS) is 12.9. The number of rotatable bonds is 18. The van der Waals surface area contributed by atoms with Gasteiger partial charge in [-0.05, 0) is 66.9 Å². The number of aliphatic hydroxyl groups is 1. The number of hydrogen-bond donors (Lipinski definition) is 1.